The molecule has 0 atom stereocenters. The van der Waals surface area contributed by atoms with Gasteiger partial charge in [-0.1, -0.05) is 77.0 Å². The number of hydrazone groups is 1. The zero-order chi connectivity index (χ0) is 21.6. The fourth-order valence-electron chi connectivity index (χ4n) is 2.77. The summed E-state index contributed by atoms with van der Waals surface area (Å²) in [5.74, 6) is -0.244. The molecule has 0 bridgehead atoms. The Morgan fingerprint density at radius 1 is 0.935 bits per heavy atom. The van der Waals surface area contributed by atoms with Gasteiger partial charge in [-0.3, -0.25) is 10.2 Å². The Hall–Kier alpha value is -3.19. The Morgan fingerprint density at radius 3 is 2.45 bits per heavy atom. The summed E-state index contributed by atoms with van der Waals surface area (Å²) in [7, 11) is 0. The SMILES string of the molecule is O=C(Nc1sc(N/N=C/c2cccc(Cl)c2)nc1-c1ccccc1)c1ccc(Cl)cc1. The van der Waals surface area contributed by atoms with Crippen LogP contribution in [0.15, 0.2) is 84.0 Å². The summed E-state index contributed by atoms with van der Waals surface area (Å²) >= 11 is 13.2. The van der Waals surface area contributed by atoms with E-state index in [1.165, 1.54) is 11.3 Å². The van der Waals surface area contributed by atoms with E-state index in [9.17, 15) is 4.79 Å². The Balaban J connectivity index is 1.58. The van der Waals surface area contributed by atoms with Crippen LogP contribution < -0.4 is 10.7 Å². The number of halogens is 2. The second-order valence-corrected chi connectivity index (χ2v) is 8.32. The Bertz CT molecular complexity index is 1220. The van der Waals surface area contributed by atoms with Crippen molar-refractivity contribution in [3.63, 3.8) is 0 Å². The van der Waals surface area contributed by atoms with E-state index in [-0.39, 0.29) is 5.91 Å². The van der Waals surface area contributed by atoms with Crippen molar-refractivity contribution in [1.82, 2.24) is 4.98 Å². The van der Waals surface area contributed by atoms with Crippen LogP contribution in [0.25, 0.3) is 11.3 Å². The quantitative estimate of drug-likeness (QED) is 0.242. The molecule has 0 aliphatic carbocycles. The highest BCUT2D eigenvalue weighted by Crippen LogP contribution is 2.36. The van der Waals surface area contributed by atoms with Gasteiger partial charge in [-0.05, 0) is 42.0 Å². The van der Waals surface area contributed by atoms with E-state index in [0.29, 0.717) is 31.4 Å². The standard InChI is InChI=1S/C23H16Cl2N4OS/c24-18-11-9-17(10-12-18)21(30)28-22-20(16-6-2-1-3-7-16)27-23(31-22)29-26-14-15-5-4-8-19(25)13-15/h1-14H,(H,27,29)(H,28,30)/b26-14+. The third-order valence-electron chi connectivity index (χ3n) is 4.23. The third kappa shape index (κ3) is 5.49. The predicted molar refractivity (Wildman–Crippen MR) is 130 cm³/mol. The molecule has 0 saturated carbocycles. The van der Waals surface area contributed by atoms with Crippen molar-refractivity contribution in [1.29, 1.82) is 0 Å². The first-order chi connectivity index (χ1) is 15.1. The first-order valence-corrected chi connectivity index (χ1v) is 10.8. The van der Waals surface area contributed by atoms with Crippen LogP contribution in [0.5, 0.6) is 0 Å². The maximum atomic E-state index is 12.7. The summed E-state index contributed by atoms with van der Waals surface area (Å²) in [5.41, 5.74) is 5.84. The molecule has 0 aliphatic rings. The van der Waals surface area contributed by atoms with Crippen LogP contribution in [-0.2, 0) is 0 Å². The average molecular weight is 467 g/mol. The fraction of sp³-hybridized carbons (Fsp3) is 0. The number of hydrogen-bond donors (Lipinski definition) is 2. The number of thiazole rings is 1. The number of nitrogens with one attached hydrogen (secondary N) is 2. The number of nitrogens with zero attached hydrogens (tertiary/aromatic N) is 2. The normalized spacial score (nSPS) is 10.9. The molecule has 1 amide bonds. The smallest absolute Gasteiger partial charge is 0.256 e. The maximum absolute atomic E-state index is 12.7. The van der Waals surface area contributed by atoms with Gasteiger partial charge in [0.25, 0.3) is 5.91 Å². The molecule has 8 heteroatoms. The minimum atomic E-state index is -0.244. The molecule has 2 N–H and O–H groups in total. The number of aromatic nitrogens is 1. The monoisotopic (exact) mass is 466 g/mol. The van der Waals surface area contributed by atoms with Crippen LogP contribution in [0, 0.1) is 0 Å². The summed E-state index contributed by atoms with van der Waals surface area (Å²) in [6.45, 7) is 0. The lowest BCUT2D eigenvalue weighted by atomic mass is 10.1. The van der Waals surface area contributed by atoms with Gasteiger partial charge in [-0.2, -0.15) is 5.10 Å². The van der Waals surface area contributed by atoms with Gasteiger partial charge in [0.1, 0.15) is 10.7 Å². The molecule has 4 aromatic rings. The third-order valence-corrected chi connectivity index (χ3v) is 5.59. The zero-order valence-corrected chi connectivity index (χ0v) is 18.4. The largest absolute Gasteiger partial charge is 0.312 e. The van der Waals surface area contributed by atoms with Crippen molar-refractivity contribution in [2.75, 3.05) is 10.7 Å². The summed E-state index contributed by atoms with van der Waals surface area (Å²) in [6.07, 6.45) is 1.65. The number of anilines is 2. The molecule has 31 heavy (non-hydrogen) atoms. The number of carbonyl (C=O) groups is 1. The fourth-order valence-corrected chi connectivity index (χ4v) is 3.93. The summed E-state index contributed by atoms with van der Waals surface area (Å²) in [6, 6.07) is 23.7. The van der Waals surface area contributed by atoms with E-state index in [2.05, 4.69) is 20.8 Å². The Kier molecular flexibility index (Phi) is 6.62. The van der Waals surface area contributed by atoms with Crippen LogP contribution in [0.2, 0.25) is 10.0 Å². The number of amides is 1. The molecule has 1 aromatic heterocycles. The predicted octanol–water partition coefficient (Wildman–Crippen LogP) is 6.82. The highest BCUT2D eigenvalue weighted by atomic mass is 35.5. The van der Waals surface area contributed by atoms with E-state index in [1.807, 2.05) is 48.5 Å². The zero-order valence-electron chi connectivity index (χ0n) is 16.0. The van der Waals surface area contributed by atoms with Crippen molar-refractivity contribution < 1.29 is 4.79 Å². The lowest BCUT2D eigenvalue weighted by Gasteiger charge is -2.05. The maximum Gasteiger partial charge on any atom is 0.256 e. The van der Waals surface area contributed by atoms with Crippen molar-refractivity contribution in [3.05, 3.63) is 100 Å². The van der Waals surface area contributed by atoms with E-state index in [4.69, 9.17) is 23.2 Å². The molecule has 0 fully saturated rings. The van der Waals surface area contributed by atoms with Crippen molar-refractivity contribution in [3.8, 4) is 11.3 Å². The van der Waals surface area contributed by atoms with Crippen molar-refractivity contribution in [2.45, 2.75) is 0 Å². The second kappa shape index (κ2) is 9.75. The van der Waals surface area contributed by atoms with Gasteiger partial charge in [0.15, 0.2) is 0 Å². The van der Waals surface area contributed by atoms with E-state index in [0.717, 1.165) is 11.1 Å². The van der Waals surface area contributed by atoms with E-state index in [1.54, 1.807) is 36.5 Å². The molecular formula is C23H16Cl2N4OS. The minimum absolute atomic E-state index is 0.244. The molecule has 0 spiro atoms. The number of benzene rings is 3. The minimum Gasteiger partial charge on any atom is -0.312 e. The topological polar surface area (TPSA) is 66.4 Å². The van der Waals surface area contributed by atoms with Crippen LogP contribution in [0.4, 0.5) is 10.1 Å². The van der Waals surface area contributed by atoms with Gasteiger partial charge in [-0.15, -0.1) is 0 Å². The first-order valence-electron chi connectivity index (χ1n) is 9.26. The molecule has 4 rings (SSSR count). The van der Waals surface area contributed by atoms with Gasteiger partial charge in [0.05, 0.1) is 6.21 Å². The number of carbonyl (C=O) groups excluding carboxylic acids is 1. The van der Waals surface area contributed by atoms with Crippen LogP contribution in [0.1, 0.15) is 15.9 Å². The summed E-state index contributed by atoms with van der Waals surface area (Å²) < 4.78 is 0. The van der Waals surface area contributed by atoms with Gasteiger partial charge in [-0.25, -0.2) is 4.98 Å². The molecule has 3 aromatic carbocycles. The lowest BCUT2D eigenvalue weighted by molar-refractivity contribution is 0.102. The summed E-state index contributed by atoms with van der Waals surface area (Å²) in [4.78, 5) is 17.3. The number of rotatable bonds is 6. The average Bonchev–Trinajstić information content (AvgIpc) is 3.17. The second-order valence-electron chi connectivity index (χ2n) is 6.45. The van der Waals surface area contributed by atoms with E-state index < -0.39 is 0 Å². The van der Waals surface area contributed by atoms with Gasteiger partial charge >= 0.3 is 0 Å². The highest BCUT2D eigenvalue weighted by Gasteiger charge is 2.16. The van der Waals surface area contributed by atoms with Gasteiger partial charge < -0.3 is 5.32 Å². The van der Waals surface area contributed by atoms with Crippen LogP contribution >= 0.6 is 34.5 Å². The molecule has 0 saturated heterocycles. The highest BCUT2D eigenvalue weighted by molar-refractivity contribution is 7.20. The van der Waals surface area contributed by atoms with Gasteiger partial charge in [0.2, 0.25) is 5.13 Å². The lowest BCUT2D eigenvalue weighted by Crippen LogP contribution is -2.11. The van der Waals surface area contributed by atoms with Crippen LogP contribution in [-0.4, -0.2) is 17.1 Å². The van der Waals surface area contributed by atoms with Gasteiger partial charge in [0, 0.05) is 21.2 Å². The molecule has 1 heterocycles. The van der Waals surface area contributed by atoms with Crippen molar-refractivity contribution >= 4 is 56.8 Å². The van der Waals surface area contributed by atoms with Crippen molar-refractivity contribution in [2.24, 2.45) is 5.10 Å². The molecule has 5 nitrogen and oxygen atoms in total. The Morgan fingerprint density at radius 2 is 1.71 bits per heavy atom. The number of hydrogen-bond acceptors (Lipinski definition) is 5. The summed E-state index contributed by atoms with van der Waals surface area (Å²) in [5, 5.41) is 9.55. The van der Waals surface area contributed by atoms with Crippen LogP contribution in [0.3, 0.4) is 0 Å². The molecule has 0 radical (unpaired) electrons. The molecular weight excluding hydrogens is 451 g/mol. The van der Waals surface area contributed by atoms with E-state index >= 15 is 0 Å². The Labute approximate surface area is 193 Å². The molecule has 0 unspecified atom stereocenters. The first kappa shape index (κ1) is 21.1. The molecule has 0 aliphatic heterocycles. The molecule has 154 valence electrons.